The lowest BCUT2D eigenvalue weighted by Gasteiger charge is -2.09. The minimum Gasteiger partial charge on any atom is -0.492 e. The zero-order chi connectivity index (χ0) is 12.8. The maximum absolute atomic E-state index is 5.72. The van der Waals surface area contributed by atoms with E-state index in [2.05, 4.69) is 20.9 Å². The highest BCUT2D eigenvalue weighted by molar-refractivity contribution is 9.10. The number of pyridine rings is 1. The minimum atomic E-state index is 0.536. The zero-order valence-corrected chi connectivity index (χ0v) is 11.6. The lowest BCUT2D eigenvalue weighted by molar-refractivity contribution is 0.320. The monoisotopic (exact) mass is 306 g/mol. The molecule has 0 unspecified atom stereocenters. The van der Waals surface area contributed by atoms with Gasteiger partial charge in [-0.1, -0.05) is 12.1 Å². The predicted octanol–water partition coefficient (Wildman–Crippen LogP) is 2.92. The third kappa shape index (κ3) is 3.55. The van der Waals surface area contributed by atoms with Crippen molar-refractivity contribution in [3.8, 4) is 5.75 Å². The van der Waals surface area contributed by atoms with Crippen LogP contribution in [0, 0.1) is 0 Å². The molecule has 94 valence electrons. The van der Waals surface area contributed by atoms with Gasteiger partial charge in [-0.15, -0.1) is 0 Å². The van der Waals surface area contributed by atoms with Gasteiger partial charge in [0.05, 0.1) is 11.1 Å². The lowest BCUT2D eigenvalue weighted by atomic mass is 10.2. The van der Waals surface area contributed by atoms with Gasteiger partial charge in [0.1, 0.15) is 5.75 Å². The number of rotatable bonds is 5. The molecule has 0 atom stereocenters. The van der Waals surface area contributed by atoms with E-state index < -0.39 is 0 Å². The molecule has 2 rings (SSSR count). The number of ether oxygens (including phenoxy) is 1. The highest BCUT2D eigenvalue weighted by Crippen LogP contribution is 2.25. The minimum absolute atomic E-state index is 0.536. The van der Waals surface area contributed by atoms with Crippen LogP contribution in [0.15, 0.2) is 47.2 Å². The quantitative estimate of drug-likeness (QED) is 0.924. The fraction of sp³-hybridized carbons (Fsp3) is 0.214. The van der Waals surface area contributed by atoms with Crippen LogP contribution in [0.5, 0.6) is 5.75 Å². The summed E-state index contributed by atoms with van der Waals surface area (Å²) in [7, 11) is 0. The summed E-state index contributed by atoms with van der Waals surface area (Å²) in [6, 6.07) is 9.88. The lowest BCUT2D eigenvalue weighted by Crippen LogP contribution is -2.03. The van der Waals surface area contributed by atoms with Gasteiger partial charge in [-0.3, -0.25) is 4.98 Å². The summed E-state index contributed by atoms with van der Waals surface area (Å²) in [4.78, 5) is 4.07. The van der Waals surface area contributed by atoms with E-state index in [0.29, 0.717) is 13.2 Å². The van der Waals surface area contributed by atoms with E-state index >= 15 is 0 Å². The first-order chi connectivity index (χ1) is 8.79. The molecule has 0 aliphatic heterocycles. The maximum atomic E-state index is 5.72. The van der Waals surface area contributed by atoms with Crippen LogP contribution in [0.2, 0.25) is 0 Å². The molecule has 0 aliphatic rings. The molecule has 0 fully saturated rings. The first-order valence-electron chi connectivity index (χ1n) is 5.80. The van der Waals surface area contributed by atoms with Gasteiger partial charge in [-0.05, 0) is 45.3 Å². The molecule has 1 heterocycles. The smallest absolute Gasteiger partial charge is 0.133 e. The van der Waals surface area contributed by atoms with Crippen LogP contribution in [0.25, 0.3) is 0 Å². The van der Waals surface area contributed by atoms with Crippen LogP contribution >= 0.6 is 15.9 Å². The van der Waals surface area contributed by atoms with Gasteiger partial charge >= 0.3 is 0 Å². The van der Waals surface area contributed by atoms with Crippen molar-refractivity contribution in [2.75, 3.05) is 6.61 Å². The highest BCUT2D eigenvalue weighted by atomic mass is 79.9. The number of aromatic nitrogens is 1. The molecule has 0 aliphatic carbocycles. The molecule has 0 radical (unpaired) electrons. The van der Waals surface area contributed by atoms with Gasteiger partial charge in [-0.2, -0.15) is 0 Å². The molecule has 0 spiro atoms. The van der Waals surface area contributed by atoms with Crippen molar-refractivity contribution < 1.29 is 4.74 Å². The molecule has 1 aromatic heterocycles. The average Bonchev–Trinajstić information content (AvgIpc) is 2.42. The zero-order valence-electron chi connectivity index (χ0n) is 9.97. The molecule has 4 heteroatoms. The summed E-state index contributed by atoms with van der Waals surface area (Å²) < 4.78 is 6.67. The normalized spacial score (nSPS) is 10.3. The van der Waals surface area contributed by atoms with Crippen molar-refractivity contribution in [1.29, 1.82) is 0 Å². The molecular formula is C14H15BrN2O. The Bertz CT molecular complexity index is 502. The van der Waals surface area contributed by atoms with Crippen LogP contribution in [0.3, 0.4) is 0 Å². The standard InChI is InChI=1S/C14H15BrN2O/c15-13-8-12(9-16)3-4-14(13)18-7-5-11-2-1-6-17-10-11/h1-4,6,8,10H,5,7,9,16H2. The number of nitrogens with zero attached hydrogens (tertiary/aromatic N) is 1. The summed E-state index contributed by atoms with van der Waals surface area (Å²) in [5.74, 6) is 0.844. The Labute approximate surface area is 115 Å². The van der Waals surface area contributed by atoms with Crippen molar-refractivity contribution in [2.24, 2.45) is 5.73 Å². The SMILES string of the molecule is NCc1ccc(OCCc2cccnc2)c(Br)c1. The first kappa shape index (κ1) is 13.1. The van der Waals surface area contributed by atoms with Crippen LogP contribution in [0.4, 0.5) is 0 Å². The maximum Gasteiger partial charge on any atom is 0.133 e. The van der Waals surface area contributed by atoms with Gasteiger partial charge in [0.15, 0.2) is 0 Å². The van der Waals surface area contributed by atoms with Crippen LogP contribution in [-0.4, -0.2) is 11.6 Å². The van der Waals surface area contributed by atoms with Gasteiger partial charge in [-0.25, -0.2) is 0 Å². The summed E-state index contributed by atoms with van der Waals surface area (Å²) in [6.45, 7) is 1.17. The van der Waals surface area contributed by atoms with E-state index in [9.17, 15) is 0 Å². The largest absolute Gasteiger partial charge is 0.492 e. The van der Waals surface area contributed by atoms with E-state index in [4.69, 9.17) is 10.5 Å². The van der Waals surface area contributed by atoms with Gasteiger partial charge in [0, 0.05) is 25.4 Å². The molecule has 1 aromatic carbocycles. The molecule has 2 aromatic rings. The Kier molecular flexibility index (Phi) is 4.73. The van der Waals surface area contributed by atoms with Crippen LogP contribution in [0.1, 0.15) is 11.1 Å². The fourth-order valence-corrected chi connectivity index (χ4v) is 2.15. The predicted molar refractivity (Wildman–Crippen MR) is 75.5 cm³/mol. The van der Waals surface area contributed by atoms with Crippen LogP contribution < -0.4 is 10.5 Å². The number of halogens is 1. The van der Waals surface area contributed by atoms with E-state index in [0.717, 1.165) is 22.2 Å². The third-order valence-electron chi connectivity index (χ3n) is 2.60. The second-order valence-corrected chi connectivity index (χ2v) is 4.78. The molecule has 2 N–H and O–H groups in total. The Balaban J connectivity index is 1.91. The number of hydrogen-bond acceptors (Lipinski definition) is 3. The van der Waals surface area contributed by atoms with Gasteiger partial charge in [0.25, 0.3) is 0 Å². The van der Waals surface area contributed by atoms with Crippen molar-refractivity contribution in [2.45, 2.75) is 13.0 Å². The average molecular weight is 307 g/mol. The second kappa shape index (κ2) is 6.52. The Morgan fingerprint density at radius 2 is 2.11 bits per heavy atom. The van der Waals surface area contributed by atoms with Crippen molar-refractivity contribution in [3.05, 3.63) is 58.3 Å². The van der Waals surface area contributed by atoms with Gasteiger partial charge in [0.2, 0.25) is 0 Å². The molecule has 18 heavy (non-hydrogen) atoms. The number of benzene rings is 1. The summed E-state index contributed by atoms with van der Waals surface area (Å²) in [5.41, 5.74) is 7.83. The van der Waals surface area contributed by atoms with Crippen molar-refractivity contribution in [3.63, 3.8) is 0 Å². The van der Waals surface area contributed by atoms with E-state index in [1.807, 2.05) is 36.5 Å². The Morgan fingerprint density at radius 1 is 1.22 bits per heavy atom. The fourth-order valence-electron chi connectivity index (χ4n) is 1.61. The topological polar surface area (TPSA) is 48.1 Å². The van der Waals surface area contributed by atoms with E-state index in [1.54, 1.807) is 6.20 Å². The summed E-state index contributed by atoms with van der Waals surface area (Å²) in [5, 5.41) is 0. The molecule has 0 amide bonds. The molecule has 0 saturated heterocycles. The Hall–Kier alpha value is -1.39. The van der Waals surface area contributed by atoms with Crippen molar-refractivity contribution in [1.82, 2.24) is 4.98 Å². The highest BCUT2D eigenvalue weighted by Gasteiger charge is 2.02. The van der Waals surface area contributed by atoms with Crippen molar-refractivity contribution >= 4 is 15.9 Å². The van der Waals surface area contributed by atoms with E-state index in [1.165, 1.54) is 5.56 Å². The van der Waals surface area contributed by atoms with E-state index in [-0.39, 0.29) is 0 Å². The first-order valence-corrected chi connectivity index (χ1v) is 6.59. The van der Waals surface area contributed by atoms with Gasteiger partial charge < -0.3 is 10.5 Å². The Morgan fingerprint density at radius 3 is 2.78 bits per heavy atom. The van der Waals surface area contributed by atoms with Crippen LogP contribution in [-0.2, 0) is 13.0 Å². The molecule has 3 nitrogen and oxygen atoms in total. The summed E-state index contributed by atoms with van der Waals surface area (Å²) in [6.07, 6.45) is 4.47. The molecule has 0 bridgehead atoms. The number of hydrogen-bond donors (Lipinski definition) is 1. The molecule has 0 saturated carbocycles. The second-order valence-electron chi connectivity index (χ2n) is 3.93. The molecular weight excluding hydrogens is 292 g/mol. The third-order valence-corrected chi connectivity index (χ3v) is 3.22. The summed E-state index contributed by atoms with van der Waals surface area (Å²) >= 11 is 3.48. The number of nitrogens with two attached hydrogens (primary N) is 1.